The minimum absolute atomic E-state index is 0.0297. The Morgan fingerprint density at radius 3 is 2.61 bits per heavy atom. The highest BCUT2D eigenvalue weighted by Crippen LogP contribution is 2.19. The summed E-state index contributed by atoms with van der Waals surface area (Å²) in [6.45, 7) is 10.7. The van der Waals surface area contributed by atoms with Crippen LogP contribution in [0.25, 0.3) is 0 Å². The fourth-order valence-electron chi connectivity index (χ4n) is 3.17. The first-order valence-electron chi connectivity index (χ1n) is 9.85. The molecule has 28 heavy (non-hydrogen) atoms. The number of halogens is 1. The number of guanidine groups is 1. The van der Waals surface area contributed by atoms with Crippen molar-refractivity contribution in [2.24, 2.45) is 15.0 Å². The highest BCUT2D eigenvalue weighted by atomic mass is 35.5. The van der Waals surface area contributed by atoms with Crippen molar-refractivity contribution in [3.63, 3.8) is 0 Å². The molecule has 1 fully saturated rings. The Morgan fingerprint density at radius 1 is 1.18 bits per heavy atom. The number of hydrogen-bond acceptors (Lipinski definition) is 5. The van der Waals surface area contributed by atoms with Crippen molar-refractivity contribution in [1.82, 2.24) is 20.9 Å². The SMILES string of the molecule is CC(C)NCCN=C1NC(=NCc2ccc(Cl)cc2)C2N=CN(C(C)C)C2N1. The van der Waals surface area contributed by atoms with Gasteiger partial charge in [0.25, 0.3) is 0 Å². The van der Waals surface area contributed by atoms with E-state index in [2.05, 4.69) is 58.5 Å². The fraction of sp³-hybridized carbons (Fsp3) is 0.550. The maximum absolute atomic E-state index is 5.98. The quantitative estimate of drug-likeness (QED) is 0.610. The molecule has 1 aromatic rings. The minimum Gasteiger partial charge on any atom is -0.338 e. The van der Waals surface area contributed by atoms with Gasteiger partial charge < -0.3 is 20.9 Å². The van der Waals surface area contributed by atoms with Gasteiger partial charge in [0, 0.05) is 23.7 Å². The molecule has 2 aliphatic rings. The predicted molar refractivity (Wildman–Crippen MR) is 117 cm³/mol. The fourth-order valence-corrected chi connectivity index (χ4v) is 3.30. The van der Waals surface area contributed by atoms with E-state index in [1.807, 2.05) is 30.6 Å². The average Bonchev–Trinajstić information content (AvgIpc) is 3.09. The Hall–Kier alpha value is -2.12. The van der Waals surface area contributed by atoms with E-state index in [0.717, 1.165) is 28.9 Å². The van der Waals surface area contributed by atoms with E-state index in [-0.39, 0.29) is 12.2 Å². The molecule has 2 atom stereocenters. The summed E-state index contributed by atoms with van der Waals surface area (Å²) in [6.07, 6.45) is 1.94. The maximum Gasteiger partial charge on any atom is 0.198 e. The van der Waals surface area contributed by atoms with Gasteiger partial charge in [0.05, 0.1) is 19.4 Å². The summed E-state index contributed by atoms with van der Waals surface area (Å²) in [7, 11) is 0. The molecule has 0 radical (unpaired) electrons. The van der Waals surface area contributed by atoms with E-state index in [1.165, 1.54) is 0 Å². The summed E-state index contributed by atoms with van der Waals surface area (Å²) in [6, 6.07) is 8.49. The average molecular weight is 404 g/mol. The first-order valence-corrected chi connectivity index (χ1v) is 10.2. The van der Waals surface area contributed by atoms with Gasteiger partial charge in [-0.3, -0.25) is 15.0 Å². The molecule has 2 unspecified atom stereocenters. The van der Waals surface area contributed by atoms with E-state index in [1.54, 1.807) is 0 Å². The molecule has 2 aliphatic heterocycles. The Kier molecular flexibility index (Phi) is 6.91. The van der Waals surface area contributed by atoms with Crippen LogP contribution in [0.3, 0.4) is 0 Å². The van der Waals surface area contributed by atoms with Crippen molar-refractivity contribution in [1.29, 1.82) is 0 Å². The molecule has 1 saturated heterocycles. The molecule has 8 heteroatoms. The summed E-state index contributed by atoms with van der Waals surface area (Å²) >= 11 is 5.98. The molecule has 7 nitrogen and oxygen atoms in total. The molecule has 0 spiro atoms. The second kappa shape index (κ2) is 9.39. The van der Waals surface area contributed by atoms with Crippen LogP contribution in [0.4, 0.5) is 0 Å². The normalized spacial score (nSPS) is 24.2. The zero-order valence-electron chi connectivity index (χ0n) is 17.0. The number of amidine groups is 1. The van der Waals surface area contributed by atoms with Gasteiger partial charge in [-0.25, -0.2) is 0 Å². The maximum atomic E-state index is 5.98. The Balaban J connectivity index is 1.74. The molecule has 3 N–H and O–H groups in total. The molecule has 0 aromatic heterocycles. The number of hydrogen-bond donors (Lipinski definition) is 3. The van der Waals surface area contributed by atoms with Gasteiger partial charge in [0.1, 0.15) is 18.0 Å². The topological polar surface area (TPSA) is 76.4 Å². The minimum atomic E-state index is -0.0672. The van der Waals surface area contributed by atoms with Crippen LogP contribution < -0.4 is 16.0 Å². The van der Waals surface area contributed by atoms with Crippen molar-refractivity contribution in [3.8, 4) is 0 Å². The van der Waals surface area contributed by atoms with Crippen molar-refractivity contribution in [3.05, 3.63) is 34.9 Å². The van der Waals surface area contributed by atoms with Gasteiger partial charge in [-0.05, 0) is 31.5 Å². The lowest BCUT2D eigenvalue weighted by atomic mass is 10.1. The molecule has 0 aliphatic carbocycles. The summed E-state index contributed by atoms with van der Waals surface area (Å²) in [5.41, 5.74) is 1.11. The van der Waals surface area contributed by atoms with Gasteiger partial charge >= 0.3 is 0 Å². The summed E-state index contributed by atoms with van der Waals surface area (Å²) in [4.78, 5) is 16.4. The molecule has 3 rings (SSSR count). The van der Waals surface area contributed by atoms with Crippen LogP contribution >= 0.6 is 11.6 Å². The molecule has 152 valence electrons. The summed E-state index contributed by atoms with van der Waals surface area (Å²) < 4.78 is 0. The second-order valence-corrected chi connectivity index (χ2v) is 8.07. The first-order chi connectivity index (χ1) is 13.4. The van der Waals surface area contributed by atoms with Crippen LogP contribution in [0.15, 0.2) is 39.2 Å². The van der Waals surface area contributed by atoms with Crippen molar-refractivity contribution in [2.45, 2.75) is 58.5 Å². The van der Waals surface area contributed by atoms with E-state index in [4.69, 9.17) is 16.6 Å². The number of aliphatic imine (C=N–C) groups is 3. The Labute approximate surface area is 172 Å². The highest BCUT2D eigenvalue weighted by molar-refractivity contribution is 6.30. The lowest BCUT2D eigenvalue weighted by Crippen LogP contribution is -2.65. The molecule has 0 bridgehead atoms. The Morgan fingerprint density at radius 2 is 1.93 bits per heavy atom. The van der Waals surface area contributed by atoms with E-state index >= 15 is 0 Å². The number of benzene rings is 1. The molecule has 0 amide bonds. The number of rotatable bonds is 7. The molecule has 1 aromatic carbocycles. The van der Waals surface area contributed by atoms with Gasteiger partial charge in [-0.15, -0.1) is 0 Å². The smallest absolute Gasteiger partial charge is 0.198 e. The van der Waals surface area contributed by atoms with Gasteiger partial charge in [-0.2, -0.15) is 0 Å². The number of nitrogens with zero attached hydrogens (tertiary/aromatic N) is 4. The number of fused-ring (bicyclic) bond motifs is 1. The van der Waals surface area contributed by atoms with Gasteiger partial charge in [-0.1, -0.05) is 37.6 Å². The predicted octanol–water partition coefficient (Wildman–Crippen LogP) is 2.23. The number of nitrogens with one attached hydrogen (secondary N) is 3. The highest BCUT2D eigenvalue weighted by Gasteiger charge is 2.40. The first kappa shape index (κ1) is 20.6. The van der Waals surface area contributed by atoms with Crippen LogP contribution in [-0.2, 0) is 6.54 Å². The largest absolute Gasteiger partial charge is 0.338 e. The Bertz CT molecular complexity index is 739. The zero-order valence-corrected chi connectivity index (χ0v) is 17.7. The standard InChI is InChI=1S/C20H30ClN7/c1-13(2)22-9-10-23-20-26-18(24-11-15-5-7-16(21)8-6-15)17-19(27-20)28(12-25-17)14(3)4/h5-8,12-14,17,19,22H,9-11H2,1-4H3,(H2,23,24,26,27). The van der Waals surface area contributed by atoms with Gasteiger partial charge in [0.2, 0.25) is 0 Å². The van der Waals surface area contributed by atoms with Crippen molar-refractivity contribution >= 4 is 29.7 Å². The van der Waals surface area contributed by atoms with E-state index < -0.39 is 0 Å². The lowest BCUT2D eigenvalue weighted by molar-refractivity contribution is 0.260. The molecular weight excluding hydrogens is 374 g/mol. The summed E-state index contributed by atoms with van der Waals surface area (Å²) in [5, 5.41) is 10.9. The van der Waals surface area contributed by atoms with E-state index in [0.29, 0.717) is 25.2 Å². The van der Waals surface area contributed by atoms with Crippen LogP contribution in [0.2, 0.25) is 5.02 Å². The van der Waals surface area contributed by atoms with Crippen molar-refractivity contribution in [2.75, 3.05) is 13.1 Å². The third kappa shape index (κ3) is 5.23. The summed E-state index contributed by atoms with van der Waals surface area (Å²) in [5.74, 6) is 1.59. The second-order valence-electron chi connectivity index (χ2n) is 7.63. The van der Waals surface area contributed by atoms with Crippen LogP contribution in [0, 0.1) is 0 Å². The third-order valence-electron chi connectivity index (χ3n) is 4.67. The monoisotopic (exact) mass is 403 g/mol. The molecule has 0 saturated carbocycles. The molecule has 2 heterocycles. The lowest BCUT2D eigenvalue weighted by Gasteiger charge is -2.37. The van der Waals surface area contributed by atoms with Crippen LogP contribution in [0.5, 0.6) is 0 Å². The van der Waals surface area contributed by atoms with Gasteiger partial charge in [0.15, 0.2) is 5.96 Å². The third-order valence-corrected chi connectivity index (χ3v) is 4.92. The van der Waals surface area contributed by atoms with E-state index in [9.17, 15) is 0 Å². The molecular formula is C20H30ClN7. The van der Waals surface area contributed by atoms with Crippen LogP contribution in [0.1, 0.15) is 33.3 Å². The van der Waals surface area contributed by atoms with Crippen molar-refractivity contribution < 1.29 is 0 Å². The van der Waals surface area contributed by atoms with Crippen LogP contribution in [-0.4, -0.2) is 60.4 Å². The zero-order chi connectivity index (χ0) is 20.1.